The van der Waals surface area contributed by atoms with Crippen LogP contribution in [0.4, 0.5) is 5.95 Å². The van der Waals surface area contributed by atoms with Gasteiger partial charge < -0.3 is 0 Å². The van der Waals surface area contributed by atoms with Crippen molar-refractivity contribution in [3.63, 3.8) is 0 Å². The van der Waals surface area contributed by atoms with E-state index in [1.165, 1.54) is 37.5 Å². The number of rotatable bonds is 3. The van der Waals surface area contributed by atoms with Crippen LogP contribution in [0.5, 0.6) is 0 Å². The average molecular weight is 332 g/mol. The molecule has 1 atom stereocenters. The molecular weight excluding hydrogens is 320 g/mol. The third-order valence-electron chi connectivity index (χ3n) is 3.39. The zero-order valence-electron chi connectivity index (χ0n) is 12.0. The summed E-state index contributed by atoms with van der Waals surface area (Å²) in [6.07, 6.45) is 2.86. The summed E-state index contributed by atoms with van der Waals surface area (Å²) < 4.78 is 25.6. The van der Waals surface area contributed by atoms with Gasteiger partial charge in [-0.2, -0.15) is 0 Å². The van der Waals surface area contributed by atoms with E-state index in [1.54, 1.807) is 12.1 Å². The highest BCUT2D eigenvalue weighted by molar-refractivity contribution is 7.90. The Hall–Kier alpha value is -2.81. The quantitative estimate of drug-likeness (QED) is 0.884. The molecule has 2 amide bonds. The highest BCUT2D eigenvalue weighted by Crippen LogP contribution is 2.31. The van der Waals surface area contributed by atoms with Gasteiger partial charge in [-0.3, -0.25) is 14.9 Å². The Labute approximate surface area is 132 Å². The molecule has 3 rings (SSSR count). The lowest BCUT2D eigenvalue weighted by Crippen LogP contribution is -2.45. The van der Waals surface area contributed by atoms with Gasteiger partial charge in [-0.05, 0) is 25.1 Å². The van der Waals surface area contributed by atoms with E-state index >= 15 is 0 Å². The average Bonchev–Trinajstić information content (AvgIpc) is 2.75. The number of nitrogens with zero attached hydrogens (tertiary/aromatic N) is 3. The van der Waals surface area contributed by atoms with Gasteiger partial charge in [0.1, 0.15) is 10.9 Å². The molecule has 1 aliphatic heterocycles. The summed E-state index contributed by atoms with van der Waals surface area (Å²) in [7, 11) is -4.05. The number of hydrogen-bond donors (Lipinski definition) is 1. The smallest absolute Gasteiger partial charge is 0.269 e. The number of carbonyl (C=O) groups is 2. The molecule has 0 radical (unpaired) electrons. The molecule has 23 heavy (non-hydrogen) atoms. The minimum atomic E-state index is -4.05. The first kappa shape index (κ1) is 15.1. The van der Waals surface area contributed by atoms with Crippen LogP contribution in [0.2, 0.25) is 0 Å². The van der Waals surface area contributed by atoms with E-state index in [1.807, 2.05) is 0 Å². The normalized spacial score (nSPS) is 16.7. The molecule has 9 heteroatoms. The Morgan fingerprint density at radius 2 is 1.83 bits per heavy atom. The van der Waals surface area contributed by atoms with Crippen LogP contribution in [-0.2, 0) is 14.8 Å². The second kappa shape index (κ2) is 5.43. The van der Waals surface area contributed by atoms with Crippen LogP contribution in [0.3, 0.4) is 0 Å². The maximum Gasteiger partial charge on any atom is 0.269 e. The maximum atomic E-state index is 12.5. The maximum absolute atomic E-state index is 12.5. The number of carbonyl (C=O) groups excluding carboxylic acids is 2. The van der Waals surface area contributed by atoms with E-state index in [4.69, 9.17) is 0 Å². The molecule has 0 bridgehead atoms. The van der Waals surface area contributed by atoms with Gasteiger partial charge >= 0.3 is 0 Å². The summed E-state index contributed by atoms with van der Waals surface area (Å²) in [5.74, 6) is -1.39. The van der Waals surface area contributed by atoms with Crippen LogP contribution in [0.25, 0.3) is 0 Å². The largest absolute Gasteiger partial charge is 0.293 e. The van der Waals surface area contributed by atoms with Gasteiger partial charge in [0.2, 0.25) is 11.9 Å². The summed E-state index contributed by atoms with van der Waals surface area (Å²) in [5, 5.41) is 2.38. The number of amides is 2. The van der Waals surface area contributed by atoms with Gasteiger partial charge in [-0.1, -0.05) is 12.1 Å². The van der Waals surface area contributed by atoms with Gasteiger partial charge in [0, 0.05) is 12.4 Å². The number of hydrogen-bond acceptors (Lipinski definition) is 6. The molecule has 118 valence electrons. The summed E-state index contributed by atoms with van der Waals surface area (Å²) >= 11 is 0. The molecule has 1 N–H and O–H groups in total. The summed E-state index contributed by atoms with van der Waals surface area (Å²) in [6.45, 7) is 1.33. The monoisotopic (exact) mass is 332 g/mol. The molecule has 0 fully saturated rings. The van der Waals surface area contributed by atoms with Crippen molar-refractivity contribution in [3.8, 4) is 0 Å². The van der Waals surface area contributed by atoms with Crippen LogP contribution in [-0.4, -0.2) is 40.5 Å². The standard InChI is InChI=1S/C14H12N4O4S/c1-9(12(19)17-14-15-7-4-8-16-14)18-13(20)10-5-2-3-6-11(10)23(18,21)22/h2-9H,1H3,(H,15,16,17,19)/t9-/m1/s1. The summed E-state index contributed by atoms with van der Waals surface area (Å²) in [5.41, 5.74) is 0.0584. The van der Waals surface area contributed by atoms with Crippen LogP contribution in [0, 0.1) is 0 Å². The molecule has 8 nitrogen and oxygen atoms in total. The first-order valence-corrected chi connectivity index (χ1v) is 8.12. The van der Waals surface area contributed by atoms with Gasteiger partial charge in [0.15, 0.2) is 0 Å². The molecule has 0 saturated heterocycles. The first-order chi connectivity index (χ1) is 10.9. The fourth-order valence-corrected chi connectivity index (χ4v) is 4.00. The fourth-order valence-electron chi connectivity index (χ4n) is 2.27. The van der Waals surface area contributed by atoms with E-state index in [-0.39, 0.29) is 16.4 Å². The minimum absolute atomic E-state index is 0.0332. The van der Waals surface area contributed by atoms with Crippen molar-refractivity contribution < 1.29 is 18.0 Å². The van der Waals surface area contributed by atoms with Gasteiger partial charge in [-0.25, -0.2) is 22.7 Å². The Morgan fingerprint density at radius 1 is 1.17 bits per heavy atom. The molecular formula is C14H12N4O4S. The SMILES string of the molecule is C[C@H](C(=O)Nc1ncccn1)N1C(=O)c2ccccc2S1(=O)=O. The van der Waals surface area contributed by atoms with Crippen LogP contribution < -0.4 is 5.32 Å². The third kappa shape index (κ3) is 2.44. The Bertz CT molecular complexity index is 883. The lowest BCUT2D eigenvalue weighted by molar-refractivity contribution is -0.118. The van der Waals surface area contributed by atoms with Crippen molar-refractivity contribution in [1.82, 2.24) is 14.3 Å². The molecule has 0 spiro atoms. The lowest BCUT2D eigenvalue weighted by Gasteiger charge is -2.21. The van der Waals surface area contributed by atoms with Gasteiger partial charge in [0.05, 0.1) is 5.56 Å². The van der Waals surface area contributed by atoms with Crippen LogP contribution in [0.1, 0.15) is 17.3 Å². The Balaban J connectivity index is 1.90. The number of aromatic nitrogens is 2. The van der Waals surface area contributed by atoms with Crippen molar-refractivity contribution >= 4 is 27.8 Å². The number of anilines is 1. The van der Waals surface area contributed by atoms with Crippen molar-refractivity contribution in [2.24, 2.45) is 0 Å². The van der Waals surface area contributed by atoms with E-state index < -0.39 is 27.9 Å². The van der Waals surface area contributed by atoms with E-state index in [9.17, 15) is 18.0 Å². The summed E-state index contributed by atoms with van der Waals surface area (Å²) in [4.78, 5) is 32.1. The van der Waals surface area contributed by atoms with E-state index in [0.717, 1.165) is 0 Å². The predicted molar refractivity (Wildman–Crippen MR) is 79.9 cm³/mol. The number of nitrogens with one attached hydrogen (secondary N) is 1. The molecule has 1 aromatic heterocycles. The van der Waals surface area contributed by atoms with Crippen molar-refractivity contribution in [2.45, 2.75) is 17.9 Å². The zero-order chi connectivity index (χ0) is 16.6. The molecule has 1 aromatic carbocycles. The highest BCUT2D eigenvalue weighted by Gasteiger charge is 2.45. The predicted octanol–water partition coefficient (Wildman–Crippen LogP) is 0.648. The van der Waals surface area contributed by atoms with Crippen molar-refractivity contribution in [3.05, 3.63) is 48.3 Å². The van der Waals surface area contributed by atoms with E-state index in [2.05, 4.69) is 15.3 Å². The van der Waals surface area contributed by atoms with Crippen molar-refractivity contribution in [1.29, 1.82) is 0 Å². The van der Waals surface area contributed by atoms with Crippen LogP contribution >= 0.6 is 0 Å². The summed E-state index contributed by atoms with van der Waals surface area (Å²) in [6, 6.07) is 6.19. The topological polar surface area (TPSA) is 109 Å². The molecule has 1 aliphatic rings. The molecule has 0 unspecified atom stereocenters. The highest BCUT2D eigenvalue weighted by atomic mass is 32.2. The number of fused-ring (bicyclic) bond motifs is 1. The molecule has 2 aromatic rings. The lowest BCUT2D eigenvalue weighted by atomic mass is 10.2. The van der Waals surface area contributed by atoms with E-state index in [0.29, 0.717) is 4.31 Å². The molecule has 0 aliphatic carbocycles. The second-order valence-corrected chi connectivity index (χ2v) is 6.62. The Kier molecular flexibility index (Phi) is 3.57. The second-order valence-electron chi connectivity index (χ2n) is 4.84. The molecule has 2 heterocycles. The first-order valence-electron chi connectivity index (χ1n) is 6.68. The molecule has 0 saturated carbocycles. The fraction of sp³-hybridized carbons (Fsp3) is 0.143. The third-order valence-corrected chi connectivity index (χ3v) is 5.30. The Morgan fingerprint density at radius 3 is 2.48 bits per heavy atom. The van der Waals surface area contributed by atoms with Crippen LogP contribution in [0.15, 0.2) is 47.6 Å². The zero-order valence-corrected chi connectivity index (χ0v) is 12.8. The van der Waals surface area contributed by atoms with Crippen molar-refractivity contribution in [2.75, 3.05) is 5.32 Å². The number of sulfonamides is 1. The number of benzene rings is 1. The van der Waals surface area contributed by atoms with Gasteiger partial charge in [-0.15, -0.1) is 0 Å². The van der Waals surface area contributed by atoms with Gasteiger partial charge in [0.25, 0.3) is 15.9 Å². The minimum Gasteiger partial charge on any atom is -0.293 e.